The van der Waals surface area contributed by atoms with Gasteiger partial charge in [0.1, 0.15) is 25.8 Å². The molecule has 9 heteroatoms. The number of ketones is 1. The maximum Gasteiger partial charge on any atom is 0.338 e. The molecule has 41 heavy (non-hydrogen) atoms. The van der Waals surface area contributed by atoms with Gasteiger partial charge in [-0.15, -0.1) is 0 Å². The summed E-state index contributed by atoms with van der Waals surface area (Å²) in [5.74, 6) is -2.14. The molecule has 1 aliphatic rings. The molecule has 1 heterocycles. The highest BCUT2D eigenvalue weighted by Gasteiger charge is 2.45. The summed E-state index contributed by atoms with van der Waals surface area (Å²) in [6.07, 6.45) is -3.28. The van der Waals surface area contributed by atoms with E-state index in [2.05, 4.69) is 0 Å². The number of hydrogen-bond acceptors (Lipinski definition) is 9. The van der Waals surface area contributed by atoms with Crippen LogP contribution in [0.1, 0.15) is 35.3 Å². The molecule has 3 aromatic rings. The molecule has 9 nitrogen and oxygen atoms in total. The Morgan fingerprint density at radius 3 is 1.93 bits per heavy atom. The van der Waals surface area contributed by atoms with Gasteiger partial charge in [-0.3, -0.25) is 4.79 Å². The Labute approximate surface area is 240 Å². The van der Waals surface area contributed by atoms with E-state index in [-0.39, 0.29) is 26.8 Å². The number of Topliss-reactive ketones (excluding diaryl/α,β-unsaturated/α-hetero) is 1. The second-order valence-electron chi connectivity index (χ2n) is 9.89. The van der Waals surface area contributed by atoms with Gasteiger partial charge in [-0.2, -0.15) is 0 Å². The van der Waals surface area contributed by atoms with Gasteiger partial charge in [-0.05, 0) is 37.1 Å². The molecular formula is C32H36O9. The van der Waals surface area contributed by atoms with Crippen molar-refractivity contribution in [2.45, 2.75) is 51.2 Å². The molecule has 0 saturated carbocycles. The van der Waals surface area contributed by atoms with E-state index >= 15 is 0 Å². The summed E-state index contributed by atoms with van der Waals surface area (Å²) >= 11 is 0. The van der Waals surface area contributed by atoms with Crippen molar-refractivity contribution in [1.29, 1.82) is 0 Å². The lowest BCUT2D eigenvalue weighted by Crippen LogP contribution is -2.47. The van der Waals surface area contributed by atoms with Crippen molar-refractivity contribution in [2.75, 3.05) is 26.8 Å². The van der Waals surface area contributed by atoms with Crippen LogP contribution in [0.15, 0.2) is 91.0 Å². The average Bonchev–Trinajstić information content (AvgIpc) is 3.36. The Balaban J connectivity index is 1.41. The zero-order chi connectivity index (χ0) is 28.9. The lowest BCUT2D eigenvalue weighted by atomic mass is 10.0. The first-order valence-corrected chi connectivity index (χ1v) is 13.5. The first kappa shape index (κ1) is 30.5. The smallest absolute Gasteiger partial charge is 0.338 e. The maximum atomic E-state index is 13.8. The lowest BCUT2D eigenvalue weighted by Gasteiger charge is -2.27. The van der Waals surface area contributed by atoms with Gasteiger partial charge in [0.15, 0.2) is 11.9 Å². The third-order valence-corrected chi connectivity index (χ3v) is 6.22. The second-order valence-corrected chi connectivity index (χ2v) is 9.89. The summed E-state index contributed by atoms with van der Waals surface area (Å²) in [5, 5.41) is 0. The molecule has 218 valence electrons. The molecule has 1 fully saturated rings. The number of rotatable bonds is 16. The van der Waals surface area contributed by atoms with Crippen molar-refractivity contribution in [3.05, 3.63) is 108 Å². The summed E-state index contributed by atoms with van der Waals surface area (Å²) in [7, 11) is 0. The van der Waals surface area contributed by atoms with E-state index in [0.717, 1.165) is 11.1 Å². The number of ether oxygens (including phenoxy) is 7. The van der Waals surface area contributed by atoms with Crippen LogP contribution in [-0.2, 0) is 51.2 Å². The van der Waals surface area contributed by atoms with Gasteiger partial charge in [-0.1, -0.05) is 78.9 Å². The minimum Gasteiger partial charge on any atom is -0.448 e. The van der Waals surface area contributed by atoms with E-state index < -0.39 is 35.9 Å². The quantitative estimate of drug-likeness (QED) is 0.139. The van der Waals surface area contributed by atoms with Gasteiger partial charge in [-0.25, -0.2) is 4.79 Å². The van der Waals surface area contributed by atoms with Crippen LogP contribution in [0.25, 0.3) is 0 Å². The normalized spacial score (nSPS) is 17.6. The van der Waals surface area contributed by atoms with Crippen LogP contribution in [0.4, 0.5) is 0 Å². The third kappa shape index (κ3) is 9.86. The van der Waals surface area contributed by atoms with E-state index in [4.69, 9.17) is 33.2 Å². The minimum atomic E-state index is -1.31. The van der Waals surface area contributed by atoms with Crippen LogP contribution in [0.2, 0.25) is 0 Å². The van der Waals surface area contributed by atoms with Crippen LogP contribution >= 0.6 is 0 Å². The van der Waals surface area contributed by atoms with E-state index in [0.29, 0.717) is 18.8 Å². The zero-order valence-corrected chi connectivity index (χ0v) is 23.3. The predicted octanol–water partition coefficient (Wildman–Crippen LogP) is 4.68. The fourth-order valence-electron chi connectivity index (χ4n) is 4.15. The highest BCUT2D eigenvalue weighted by molar-refractivity contribution is 5.94. The van der Waals surface area contributed by atoms with Crippen molar-refractivity contribution in [3.63, 3.8) is 0 Å². The van der Waals surface area contributed by atoms with E-state index in [1.807, 2.05) is 60.7 Å². The Bertz CT molecular complexity index is 1200. The topological polar surface area (TPSA) is 98.8 Å². The average molecular weight is 565 g/mol. The molecule has 0 unspecified atom stereocenters. The van der Waals surface area contributed by atoms with Gasteiger partial charge in [0.05, 0.1) is 32.0 Å². The third-order valence-electron chi connectivity index (χ3n) is 6.22. The largest absolute Gasteiger partial charge is 0.448 e. The molecular weight excluding hydrogens is 528 g/mol. The number of hydrogen-bond donors (Lipinski definition) is 0. The summed E-state index contributed by atoms with van der Waals surface area (Å²) < 4.78 is 40.0. The number of carbonyl (C=O) groups is 2. The maximum absolute atomic E-state index is 13.8. The van der Waals surface area contributed by atoms with E-state index in [1.165, 1.54) is 0 Å². The van der Waals surface area contributed by atoms with Crippen molar-refractivity contribution in [1.82, 2.24) is 0 Å². The van der Waals surface area contributed by atoms with Gasteiger partial charge in [0.25, 0.3) is 0 Å². The monoisotopic (exact) mass is 564 g/mol. The SMILES string of the molecule is CC1(C)OC[C@H]([C@@H](OC(=O)c2ccccc2)C(=O)[C@@H](COCOCc2ccccc2)OCOCc2ccccc2)O1. The molecule has 0 bridgehead atoms. The van der Waals surface area contributed by atoms with Crippen LogP contribution in [0.3, 0.4) is 0 Å². The summed E-state index contributed by atoms with van der Waals surface area (Å²) in [6.45, 7) is 3.74. The van der Waals surface area contributed by atoms with Gasteiger partial charge < -0.3 is 33.2 Å². The summed E-state index contributed by atoms with van der Waals surface area (Å²) in [5.41, 5.74) is 2.25. The fraction of sp³-hybridized carbons (Fsp3) is 0.375. The predicted molar refractivity (Wildman–Crippen MR) is 149 cm³/mol. The summed E-state index contributed by atoms with van der Waals surface area (Å²) in [6, 6.07) is 27.7. The van der Waals surface area contributed by atoms with Crippen LogP contribution in [0.5, 0.6) is 0 Å². The second kappa shape index (κ2) is 15.5. The molecule has 0 amide bonds. The highest BCUT2D eigenvalue weighted by Crippen LogP contribution is 2.27. The minimum absolute atomic E-state index is 0.0593. The fourth-order valence-corrected chi connectivity index (χ4v) is 4.15. The van der Waals surface area contributed by atoms with E-state index in [9.17, 15) is 9.59 Å². The van der Waals surface area contributed by atoms with Crippen molar-refractivity contribution in [3.8, 4) is 0 Å². The molecule has 0 aromatic heterocycles. The highest BCUT2D eigenvalue weighted by atomic mass is 16.8. The first-order chi connectivity index (χ1) is 19.9. The van der Waals surface area contributed by atoms with Crippen LogP contribution in [0, 0.1) is 0 Å². The number of esters is 1. The van der Waals surface area contributed by atoms with Crippen molar-refractivity contribution < 1.29 is 42.7 Å². The van der Waals surface area contributed by atoms with E-state index in [1.54, 1.807) is 44.2 Å². The molecule has 3 aromatic carbocycles. The number of benzene rings is 3. The number of carbonyl (C=O) groups excluding carboxylic acids is 2. The standard InChI is InChI=1S/C32H36O9/c1-32(2)39-21-28(41-32)30(40-31(34)26-16-10-5-11-17-26)29(33)27(38-23-36-19-25-14-8-4-9-15-25)20-37-22-35-18-24-12-6-3-7-13-24/h3-17,27-28,30H,18-23H2,1-2H3/t27-,28-,30-/m1/s1. The summed E-state index contributed by atoms with van der Waals surface area (Å²) in [4.78, 5) is 26.8. The first-order valence-electron chi connectivity index (χ1n) is 13.5. The Morgan fingerprint density at radius 1 is 0.805 bits per heavy atom. The molecule has 1 saturated heterocycles. The molecule has 0 radical (unpaired) electrons. The molecule has 0 N–H and O–H groups in total. The van der Waals surface area contributed by atoms with Gasteiger partial charge in [0.2, 0.25) is 5.78 Å². The zero-order valence-electron chi connectivity index (χ0n) is 23.3. The van der Waals surface area contributed by atoms with Crippen LogP contribution < -0.4 is 0 Å². The van der Waals surface area contributed by atoms with Crippen molar-refractivity contribution in [2.24, 2.45) is 0 Å². The molecule has 0 aliphatic carbocycles. The molecule has 0 spiro atoms. The van der Waals surface area contributed by atoms with Crippen molar-refractivity contribution >= 4 is 11.8 Å². The molecule has 4 rings (SSSR count). The Kier molecular flexibility index (Phi) is 11.6. The molecule has 1 aliphatic heterocycles. The van der Waals surface area contributed by atoms with Crippen LogP contribution in [-0.4, -0.2) is 62.7 Å². The van der Waals surface area contributed by atoms with Gasteiger partial charge >= 0.3 is 5.97 Å². The van der Waals surface area contributed by atoms with Gasteiger partial charge in [0, 0.05) is 0 Å². The Morgan fingerprint density at radius 2 is 1.37 bits per heavy atom. The lowest BCUT2D eigenvalue weighted by molar-refractivity contribution is -0.177. The Hall–Kier alpha value is -3.44. The molecule has 3 atom stereocenters.